The SMILES string of the molecule is CCOC(C)O[C@@H](C[C@@H](C)OC(C)=O)C[C@H](OC(C)=O)[C@H](C)[C@H](OCOC)[C@H](C)CO. The Bertz CT molecular complexity index is 499. The summed E-state index contributed by atoms with van der Waals surface area (Å²) in [6.07, 6.45) is -1.50. The lowest BCUT2D eigenvalue weighted by Gasteiger charge is -2.35. The first-order valence-electron chi connectivity index (χ1n) is 10.9. The Kier molecular flexibility index (Phi) is 15.7. The van der Waals surface area contributed by atoms with E-state index >= 15 is 0 Å². The molecule has 9 nitrogen and oxygen atoms in total. The number of esters is 2. The molecule has 0 fully saturated rings. The summed E-state index contributed by atoms with van der Waals surface area (Å²) in [6.45, 7) is 12.3. The average Bonchev–Trinajstić information content (AvgIpc) is 2.66. The maximum absolute atomic E-state index is 11.8. The highest BCUT2D eigenvalue weighted by molar-refractivity contribution is 5.66. The van der Waals surface area contributed by atoms with Crippen molar-refractivity contribution >= 4 is 11.9 Å². The number of hydrogen-bond acceptors (Lipinski definition) is 9. The number of hydrogen-bond donors (Lipinski definition) is 1. The second-order valence-corrected chi connectivity index (χ2v) is 7.88. The molecule has 0 aliphatic rings. The van der Waals surface area contributed by atoms with Gasteiger partial charge in [-0.25, -0.2) is 0 Å². The van der Waals surface area contributed by atoms with Crippen molar-refractivity contribution in [3.8, 4) is 0 Å². The molecule has 0 bridgehead atoms. The number of methoxy groups -OCH3 is 1. The minimum Gasteiger partial charge on any atom is -0.463 e. The van der Waals surface area contributed by atoms with E-state index in [1.54, 1.807) is 13.8 Å². The van der Waals surface area contributed by atoms with Crippen molar-refractivity contribution < 1.29 is 43.1 Å². The van der Waals surface area contributed by atoms with Gasteiger partial charge in [-0.05, 0) is 20.8 Å². The van der Waals surface area contributed by atoms with Gasteiger partial charge in [0.1, 0.15) is 19.0 Å². The van der Waals surface area contributed by atoms with Crippen LogP contribution in [0.25, 0.3) is 0 Å². The Morgan fingerprint density at radius 2 is 1.55 bits per heavy atom. The van der Waals surface area contributed by atoms with Gasteiger partial charge in [-0.1, -0.05) is 13.8 Å². The average molecular weight is 451 g/mol. The monoisotopic (exact) mass is 450 g/mol. The predicted octanol–water partition coefficient (Wildman–Crippen LogP) is 2.67. The van der Waals surface area contributed by atoms with Crippen LogP contribution < -0.4 is 0 Å². The molecule has 1 N–H and O–H groups in total. The summed E-state index contributed by atoms with van der Waals surface area (Å²) < 4.78 is 33.2. The standard InChI is InChI=1S/C22H42O9/c1-9-27-19(7)31-20(10-15(3)29-17(5)24)11-21(30-18(6)25)16(4)22(14(2)12-23)28-13-26-8/h14-16,19-23H,9-13H2,1-8H3/t14-,15-,16+,19?,20+,21+,22-/m1/s1. The van der Waals surface area contributed by atoms with Crippen molar-refractivity contribution in [2.45, 2.75) is 92.0 Å². The molecule has 0 spiro atoms. The third-order valence-electron chi connectivity index (χ3n) is 4.89. The number of aliphatic hydroxyl groups excluding tert-OH is 1. The normalized spacial score (nSPS) is 18.4. The van der Waals surface area contributed by atoms with E-state index in [-0.39, 0.29) is 37.3 Å². The van der Waals surface area contributed by atoms with E-state index in [9.17, 15) is 14.7 Å². The van der Waals surface area contributed by atoms with Crippen LogP contribution in [0.2, 0.25) is 0 Å². The fourth-order valence-electron chi connectivity index (χ4n) is 3.59. The van der Waals surface area contributed by atoms with Crippen molar-refractivity contribution in [2.24, 2.45) is 11.8 Å². The molecule has 7 atom stereocenters. The van der Waals surface area contributed by atoms with Gasteiger partial charge in [0.15, 0.2) is 6.29 Å². The molecule has 0 heterocycles. The molecule has 0 saturated carbocycles. The topological polar surface area (TPSA) is 110 Å². The summed E-state index contributed by atoms with van der Waals surface area (Å²) in [4.78, 5) is 23.2. The fourth-order valence-corrected chi connectivity index (χ4v) is 3.59. The van der Waals surface area contributed by atoms with E-state index in [2.05, 4.69) is 0 Å². The van der Waals surface area contributed by atoms with Gasteiger partial charge in [0, 0.05) is 58.8 Å². The second kappa shape index (κ2) is 16.4. The van der Waals surface area contributed by atoms with Gasteiger partial charge in [-0.2, -0.15) is 0 Å². The second-order valence-electron chi connectivity index (χ2n) is 7.88. The maximum atomic E-state index is 11.8. The van der Waals surface area contributed by atoms with E-state index in [1.807, 2.05) is 20.8 Å². The van der Waals surface area contributed by atoms with Crippen LogP contribution in [0.15, 0.2) is 0 Å². The molecule has 0 radical (unpaired) electrons. The first-order valence-corrected chi connectivity index (χ1v) is 10.9. The first kappa shape index (κ1) is 29.7. The highest BCUT2D eigenvalue weighted by atomic mass is 16.7. The molecule has 184 valence electrons. The Morgan fingerprint density at radius 3 is 2.03 bits per heavy atom. The molecule has 9 heteroatoms. The van der Waals surface area contributed by atoms with Crippen molar-refractivity contribution in [1.82, 2.24) is 0 Å². The largest absolute Gasteiger partial charge is 0.463 e. The molecule has 0 aromatic rings. The van der Waals surface area contributed by atoms with Gasteiger partial charge in [0.2, 0.25) is 0 Å². The van der Waals surface area contributed by atoms with Crippen LogP contribution in [-0.2, 0) is 38.0 Å². The number of aliphatic hydroxyl groups is 1. The summed E-state index contributed by atoms with van der Waals surface area (Å²) in [7, 11) is 1.52. The third-order valence-corrected chi connectivity index (χ3v) is 4.89. The number of carbonyl (C=O) groups is 2. The van der Waals surface area contributed by atoms with Gasteiger partial charge in [-0.15, -0.1) is 0 Å². The van der Waals surface area contributed by atoms with Crippen LogP contribution >= 0.6 is 0 Å². The van der Waals surface area contributed by atoms with Crippen molar-refractivity contribution in [3.05, 3.63) is 0 Å². The summed E-state index contributed by atoms with van der Waals surface area (Å²) in [5, 5.41) is 9.66. The highest BCUT2D eigenvalue weighted by Crippen LogP contribution is 2.27. The maximum Gasteiger partial charge on any atom is 0.302 e. The van der Waals surface area contributed by atoms with E-state index < -0.39 is 30.6 Å². The van der Waals surface area contributed by atoms with Crippen LogP contribution in [0.4, 0.5) is 0 Å². The van der Waals surface area contributed by atoms with Crippen LogP contribution in [0.3, 0.4) is 0 Å². The lowest BCUT2D eigenvalue weighted by molar-refractivity contribution is -0.186. The Hall–Kier alpha value is -1.26. The molecule has 1 unspecified atom stereocenters. The lowest BCUT2D eigenvalue weighted by atomic mass is 9.86. The molecule has 0 amide bonds. The van der Waals surface area contributed by atoms with E-state index in [1.165, 1.54) is 21.0 Å². The van der Waals surface area contributed by atoms with Gasteiger partial charge in [0.05, 0.1) is 12.2 Å². The fraction of sp³-hybridized carbons (Fsp3) is 0.909. The van der Waals surface area contributed by atoms with Crippen molar-refractivity contribution in [1.29, 1.82) is 0 Å². The number of ether oxygens (including phenoxy) is 6. The molecule has 0 saturated heterocycles. The molecular formula is C22H42O9. The summed E-state index contributed by atoms with van der Waals surface area (Å²) >= 11 is 0. The molecule has 31 heavy (non-hydrogen) atoms. The smallest absolute Gasteiger partial charge is 0.302 e. The Morgan fingerprint density at radius 1 is 0.935 bits per heavy atom. The van der Waals surface area contributed by atoms with Crippen LogP contribution in [0.1, 0.15) is 61.3 Å². The van der Waals surface area contributed by atoms with Crippen LogP contribution in [0, 0.1) is 11.8 Å². The predicted molar refractivity (Wildman–Crippen MR) is 114 cm³/mol. The summed E-state index contributed by atoms with van der Waals surface area (Å²) in [6, 6.07) is 0. The van der Waals surface area contributed by atoms with Crippen molar-refractivity contribution in [3.63, 3.8) is 0 Å². The van der Waals surface area contributed by atoms with Gasteiger partial charge in [0.25, 0.3) is 0 Å². The third kappa shape index (κ3) is 13.0. The number of carbonyl (C=O) groups excluding carboxylic acids is 2. The van der Waals surface area contributed by atoms with Gasteiger partial charge < -0.3 is 33.5 Å². The zero-order valence-corrected chi connectivity index (χ0v) is 20.3. The van der Waals surface area contributed by atoms with E-state index in [4.69, 9.17) is 28.4 Å². The molecule has 0 aliphatic carbocycles. The van der Waals surface area contributed by atoms with E-state index in [0.29, 0.717) is 19.4 Å². The van der Waals surface area contributed by atoms with Gasteiger partial charge >= 0.3 is 11.9 Å². The van der Waals surface area contributed by atoms with Crippen LogP contribution in [-0.4, -0.2) is 74.9 Å². The Labute approximate surface area is 186 Å². The molecular weight excluding hydrogens is 408 g/mol. The quantitative estimate of drug-likeness (QED) is 0.264. The van der Waals surface area contributed by atoms with Crippen LogP contribution in [0.5, 0.6) is 0 Å². The Balaban J connectivity index is 5.59. The lowest BCUT2D eigenvalue weighted by Crippen LogP contribution is -2.42. The minimum absolute atomic E-state index is 0.0525. The van der Waals surface area contributed by atoms with Crippen molar-refractivity contribution in [2.75, 3.05) is 27.1 Å². The zero-order chi connectivity index (χ0) is 24.0. The summed E-state index contributed by atoms with van der Waals surface area (Å²) in [5.41, 5.74) is 0. The van der Waals surface area contributed by atoms with E-state index in [0.717, 1.165) is 0 Å². The zero-order valence-electron chi connectivity index (χ0n) is 20.3. The minimum atomic E-state index is -0.559. The summed E-state index contributed by atoms with van der Waals surface area (Å²) in [5.74, 6) is -1.27. The first-order chi connectivity index (χ1) is 14.5. The molecule has 0 aliphatic heterocycles. The van der Waals surface area contributed by atoms with Gasteiger partial charge in [-0.3, -0.25) is 9.59 Å². The molecule has 0 aromatic heterocycles. The number of rotatable bonds is 17. The molecule has 0 rings (SSSR count). The highest BCUT2D eigenvalue weighted by Gasteiger charge is 2.35. The molecule has 0 aromatic carbocycles.